The van der Waals surface area contributed by atoms with Crippen LogP contribution in [0.15, 0.2) is 48.5 Å². The van der Waals surface area contributed by atoms with E-state index in [1.54, 1.807) is 18.2 Å². The van der Waals surface area contributed by atoms with Crippen molar-refractivity contribution >= 4 is 34.6 Å². The number of piperidine rings is 1. The van der Waals surface area contributed by atoms with Crippen LogP contribution in [-0.4, -0.2) is 29.0 Å². The maximum Gasteiger partial charge on any atom is 0.255 e. The van der Waals surface area contributed by atoms with Crippen LogP contribution < -0.4 is 10.6 Å². The summed E-state index contributed by atoms with van der Waals surface area (Å²) in [5.74, 6) is -0.283. The molecule has 2 aromatic rings. The van der Waals surface area contributed by atoms with Gasteiger partial charge in [-0.25, -0.2) is 4.39 Å². The molecule has 2 aromatic carbocycles. The molecule has 4 nitrogen and oxygen atoms in total. The van der Waals surface area contributed by atoms with Gasteiger partial charge in [0.25, 0.3) is 5.91 Å². The summed E-state index contributed by atoms with van der Waals surface area (Å²) in [6.45, 7) is 1.59. The molecule has 0 aliphatic carbocycles. The Morgan fingerprint density at radius 3 is 2.36 bits per heavy atom. The van der Waals surface area contributed by atoms with E-state index in [4.69, 9.17) is 12.2 Å². The van der Waals surface area contributed by atoms with Crippen LogP contribution in [0.25, 0.3) is 0 Å². The first-order valence-electron chi connectivity index (χ1n) is 8.35. The van der Waals surface area contributed by atoms with E-state index in [0.717, 1.165) is 25.9 Å². The highest BCUT2D eigenvalue weighted by molar-refractivity contribution is 7.80. The molecule has 1 aliphatic rings. The van der Waals surface area contributed by atoms with E-state index < -0.39 is 0 Å². The number of hydrogen-bond acceptors (Lipinski definition) is 2. The van der Waals surface area contributed by atoms with Crippen molar-refractivity contribution in [2.24, 2.45) is 0 Å². The van der Waals surface area contributed by atoms with E-state index in [-0.39, 0.29) is 11.7 Å². The molecule has 1 aliphatic heterocycles. The fraction of sp³-hybridized carbons (Fsp3) is 0.263. The highest BCUT2D eigenvalue weighted by Crippen LogP contribution is 2.20. The van der Waals surface area contributed by atoms with E-state index >= 15 is 0 Å². The van der Waals surface area contributed by atoms with Gasteiger partial charge >= 0.3 is 0 Å². The lowest BCUT2D eigenvalue weighted by atomic mass is 10.1. The molecule has 1 heterocycles. The number of benzene rings is 2. The van der Waals surface area contributed by atoms with Crippen LogP contribution in [0.5, 0.6) is 0 Å². The smallest absolute Gasteiger partial charge is 0.255 e. The molecule has 0 bridgehead atoms. The molecular weight excluding hydrogens is 337 g/mol. The lowest BCUT2D eigenvalue weighted by molar-refractivity contribution is 0.0725. The first-order valence-corrected chi connectivity index (χ1v) is 8.76. The van der Waals surface area contributed by atoms with Gasteiger partial charge in [0.1, 0.15) is 5.82 Å². The van der Waals surface area contributed by atoms with Gasteiger partial charge in [-0.3, -0.25) is 4.79 Å². The average Bonchev–Trinajstić information content (AvgIpc) is 2.64. The van der Waals surface area contributed by atoms with Crippen LogP contribution in [-0.2, 0) is 0 Å². The third-order valence-corrected chi connectivity index (χ3v) is 4.36. The molecule has 25 heavy (non-hydrogen) atoms. The van der Waals surface area contributed by atoms with Crippen molar-refractivity contribution in [1.29, 1.82) is 0 Å². The Morgan fingerprint density at radius 2 is 1.64 bits per heavy atom. The van der Waals surface area contributed by atoms with Crippen molar-refractivity contribution in [2.45, 2.75) is 19.3 Å². The Kier molecular flexibility index (Phi) is 5.60. The largest absolute Gasteiger partial charge is 0.339 e. The molecule has 130 valence electrons. The number of para-hydroxylation sites is 1. The number of amides is 1. The summed E-state index contributed by atoms with van der Waals surface area (Å²) in [5, 5.41) is 6.42. The van der Waals surface area contributed by atoms with E-state index in [1.165, 1.54) is 18.6 Å². The number of halogens is 1. The molecule has 0 radical (unpaired) electrons. The maximum atomic E-state index is 13.0. The van der Waals surface area contributed by atoms with Crippen molar-refractivity contribution < 1.29 is 9.18 Å². The summed E-state index contributed by atoms with van der Waals surface area (Å²) in [6, 6.07) is 13.3. The Hall–Kier alpha value is -2.47. The van der Waals surface area contributed by atoms with Crippen LogP contribution in [0.3, 0.4) is 0 Å². The Bertz CT molecular complexity index is 758. The van der Waals surface area contributed by atoms with Crippen molar-refractivity contribution in [1.82, 2.24) is 4.90 Å². The lowest BCUT2D eigenvalue weighted by Crippen LogP contribution is -2.36. The van der Waals surface area contributed by atoms with Crippen LogP contribution in [0.4, 0.5) is 15.8 Å². The summed E-state index contributed by atoms with van der Waals surface area (Å²) in [6.07, 6.45) is 3.27. The summed E-state index contributed by atoms with van der Waals surface area (Å²) < 4.78 is 13.0. The van der Waals surface area contributed by atoms with Gasteiger partial charge in [-0.1, -0.05) is 12.1 Å². The maximum absolute atomic E-state index is 13.0. The SMILES string of the molecule is O=C(c1ccccc1NC(=S)Nc1ccc(F)cc1)N1CCCCC1. The van der Waals surface area contributed by atoms with Gasteiger partial charge in [-0.2, -0.15) is 0 Å². The van der Waals surface area contributed by atoms with Gasteiger partial charge in [0, 0.05) is 18.8 Å². The first kappa shape index (κ1) is 17.4. The predicted molar refractivity (Wildman–Crippen MR) is 102 cm³/mol. The average molecular weight is 357 g/mol. The van der Waals surface area contributed by atoms with Gasteiger partial charge in [0.15, 0.2) is 5.11 Å². The van der Waals surface area contributed by atoms with Gasteiger partial charge in [0.05, 0.1) is 11.3 Å². The molecule has 0 unspecified atom stereocenters. The summed E-state index contributed by atoms with van der Waals surface area (Å²) >= 11 is 5.31. The van der Waals surface area contributed by atoms with Crippen molar-refractivity contribution in [3.8, 4) is 0 Å². The highest BCUT2D eigenvalue weighted by atomic mass is 32.1. The van der Waals surface area contributed by atoms with Gasteiger partial charge in [-0.05, 0) is 67.9 Å². The van der Waals surface area contributed by atoms with Gasteiger partial charge in [0.2, 0.25) is 0 Å². The van der Waals surface area contributed by atoms with Crippen LogP contribution in [0.1, 0.15) is 29.6 Å². The van der Waals surface area contributed by atoms with Gasteiger partial charge in [-0.15, -0.1) is 0 Å². The molecule has 0 spiro atoms. The minimum absolute atomic E-state index is 0.0207. The van der Waals surface area contributed by atoms with E-state index in [2.05, 4.69) is 10.6 Å². The second-order valence-electron chi connectivity index (χ2n) is 5.98. The Morgan fingerprint density at radius 1 is 0.960 bits per heavy atom. The molecule has 3 rings (SSSR count). The minimum Gasteiger partial charge on any atom is -0.339 e. The number of hydrogen-bond donors (Lipinski definition) is 2. The number of carbonyl (C=O) groups excluding carboxylic acids is 1. The molecule has 2 N–H and O–H groups in total. The lowest BCUT2D eigenvalue weighted by Gasteiger charge is -2.27. The normalized spacial score (nSPS) is 14.0. The number of carbonyl (C=O) groups is 1. The number of nitrogens with zero attached hydrogens (tertiary/aromatic N) is 1. The second kappa shape index (κ2) is 8.07. The zero-order valence-electron chi connectivity index (χ0n) is 13.8. The molecule has 1 amide bonds. The predicted octanol–water partition coefficient (Wildman–Crippen LogP) is 4.26. The minimum atomic E-state index is -0.304. The van der Waals surface area contributed by atoms with Gasteiger partial charge < -0.3 is 15.5 Å². The van der Waals surface area contributed by atoms with Crippen molar-refractivity contribution in [2.75, 3.05) is 23.7 Å². The van der Waals surface area contributed by atoms with Crippen LogP contribution in [0.2, 0.25) is 0 Å². The summed E-state index contributed by atoms with van der Waals surface area (Å²) in [4.78, 5) is 14.7. The van der Waals surface area contributed by atoms with E-state index in [9.17, 15) is 9.18 Å². The fourth-order valence-electron chi connectivity index (χ4n) is 2.86. The van der Waals surface area contributed by atoms with Crippen molar-refractivity contribution in [3.05, 3.63) is 59.9 Å². The third kappa shape index (κ3) is 4.54. The third-order valence-electron chi connectivity index (χ3n) is 4.15. The van der Waals surface area contributed by atoms with E-state index in [1.807, 2.05) is 23.1 Å². The zero-order valence-corrected chi connectivity index (χ0v) is 14.6. The number of nitrogens with one attached hydrogen (secondary N) is 2. The quantitative estimate of drug-likeness (QED) is 0.806. The first-order chi connectivity index (χ1) is 12.1. The molecular formula is C19H20FN3OS. The van der Waals surface area contributed by atoms with Crippen LogP contribution >= 0.6 is 12.2 Å². The highest BCUT2D eigenvalue weighted by Gasteiger charge is 2.20. The van der Waals surface area contributed by atoms with Crippen LogP contribution in [0, 0.1) is 5.82 Å². The van der Waals surface area contributed by atoms with E-state index in [0.29, 0.717) is 22.1 Å². The number of likely N-dealkylation sites (tertiary alicyclic amines) is 1. The number of rotatable bonds is 3. The fourth-order valence-corrected chi connectivity index (χ4v) is 3.09. The molecule has 6 heteroatoms. The molecule has 1 fully saturated rings. The monoisotopic (exact) mass is 357 g/mol. The second-order valence-corrected chi connectivity index (χ2v) is 6.39. The van der Waals surface area contributed by atoms with Crippen molar-refractivity contribution in [3.63, 3.8) is 0 Å². The summed E-state index contributed by atoms with van der Waals surface area (Å²) in [5.41, 5.74) is 1.95. The molecule has 1 saturated heterocycles. The Balaban J connectivity index is 1.70. The molecule has 0 aromatic heterocycles. The number of thiocarbonyl (C=S) groups is 1. The molecule has 0 saturated carbocycles. The zero-order chi connectivity index (χ0) is 17.6. The topological polar surface area (TPSA) is 44.4 Å². The molecule has 0 atom stereocenters. The number of anilines is 2. The standard InChI is InChI=1S/C19H20FN3OS/c20-14-8-10-15(11-9-14)21-19(25)22-17-7-3-2-6-16(17)18(24)23-12-4-1-5-13-23/h2-3,6-11H,1,4-5,12-13H2,(H2,21,22,25). The Labute approximate surface area is 152 Å². The summed E-state index contributed by atoms with van der Waals surface area (Å²) in [7, 11) is 0.